The van der Waals surface area contributed by atoms with Gasteiger partial charge in [-0.05, 0) is 32.9 Å². The summed E-state index contributed by atoms with van der Waals surface area (Å²) >= 11 is 3.32. The molecule has 0 aromatic heterocycles. The number of rotatable bonds is 3. The van der Waals surface area contributed by atoms with E-state index >= 15 is 0 Å². The molecule has 1 heterocycles. The van der Waals surface area contributed by atoms with Crippen molar-refractivity contribution in [3.8, 4) is 0 Å². The lowest BCUT2D eigenvalue weighted by atomic mass is 9.93. The van der Waals surface area contributed by atoms with Crippen LogP contribution in [0.15, 0.2) is 28.7 Å². The number of ketones is 1. The minimum Gasteiger partial charge on any atom is -0.294 e. The van der Waals surface area contributed by atoms with Gasteiger partial charge in [-0.1, -0.05) is 28.1 Å². The molecule has 0 spiro atoms. The SMILES string of the molecule is CC(C(=O)c1ccc(Br)cc1)N1CC(=O)NC(=O)C1(C)C. The summed E-state index contributed by atoms with van der Waals surface area (Å²) in [6.45, 7) is 5.17. The molecule has 2 rings (SSSR count). The quantitative estimate of drug-likeness (QED) is 0.664. The molecule has 1 aliphatic heterocycles. The summed E-state index contributed by atoms with van der Waals surface area (Å²) in [5.74, 6) is -0.873. The van der Waals surface area contributed by atoms with Gasteiger partial charge in [0.05, 0.1) is 18.1 Å². The number of hydrogen-bond acceptors (Lipinski definition) is 4. The molecule has 5 nitrogen and oxygen atoms in total. The summed E-state index contributed by atoms with van der Waals surface area (Å²) in [5.41, 5.74) is -0.349. The van der Waals surface area contributed by atoms with E-state index in [-0.39, 0.29) is 24.1 Å². The normalized spacial score (nSPS) is 20.0. The van der Waals surface area contributed by atoms with E-state index in [2.05, 4.69) is 21.2 Å². The Balaban J connectivity index is 2.27. The number of amides is 2. The maximum atomic E-state index is 12.6. The zero-order valence-corrected chi connectivity index (χ0v) is 13.7. The van der Waals surface area contributed by atoms with Gasteiger partial charge in [0.25, 0.3) is 0 Å². The molecule has 1 atom stereocenters. The Hall–Kier alpha value is -1.53. The fourth-order valence-corrected chi connectivity index (χ4v) is 2.68. The molecular weight excluding hydrogens is 336 g/mol. The highest BCUT2D eigenvalue weighted by Crippen LogP contribution is 2.23. The Bertz CT molecular complexity index is 595. The van der Waals surface area contributed by atoms with Crippen LogP contribution >= 0.6 is 15.9 Å². The third-order valence-electron chi connectivity index (χ3n) is 3.82. The second-order valence-corrected chi connectivity index (χ2v) is 6.53. The molecule has 1 saturated heterocycles. The molecule has 1 aromatic carbocycles. The largest absolute Gasteiger partial charge is 0.294 e. The number of halogens is 1. The van der Waals surface area contributed by atoms with Crippen molar-refractivity contribution in [3.05, 3.63) is 34.3 Å². The van der Waals surface area contributed by atoms with E-state index < -0.39 is 11.6 Å². The van der Waals surface area contributed by atoms with Crippen LogP contribution in [0, 0.1) is 0 Å². The first-order chi connectivity index (χ1) is 9.73. The van der Waals surface area contributed by atoms with Crippen LogP contribution in [0.5, 0.6) is 0 Å². The molecule has 1 aromatic rings. The molecule has 2 amide bonds. The maximum Gasteiger partial charge on any atom is 0.246 e. The van der Waals surface area contributed by atoms with Crippen LogP contribution in [0.3, 0.4) is 0 Å². The van der Waals surface area contributed by atoms with E-state index in [9.17, 15) is 14.4 Å². The minimum absolute atomic E-state index is 0.0299. The lowest BCUT2D eigenvalue weighted by Crippen LogP contribution is -2.67. The fourth-order valence-electron chi connectivity index (χ4n) is 2.42. The van der Waals surface area contributed by atoms with E-state index in [1.54, 1.807) is 49.9 Å². The Labute approximate surface area is 131 Å². The number of benzene rings is 1. The molecule has 6 heteroatoms. The van der Waals surface area contributed by atoms with Crippen LogP contribution in [-0.2, 0) is 9.59 Å². The van der Waals surface area contributed by atoms with Crippen LogP contribution in [-0.4, -0.2) is 40.6 Å². The highest BCUT2D eigenvalue weighted by molar-refractivity contribution is 9.10. The first-order valence-electron chi connectivity index (χ1n) is 6.64. The van der Waals surface area contributed by atoms with Crippen LogP contribution in [0.25, 0.3) is 0 Å². The van der Waals surface area contributed by atoms with Crippen LogP contribution in [0.4, 0.5) is 0 Å². The Morgan fingerprint density at radius 3 is 2.43 bits per heavy atom. The standard InChI is InChI=1S/C15H17BrN2O3/c1-9(13(20)10-4-6-11(16)7-5-10)18-8-12(19)17-14(21)15(18,2)3/h4-7,9H,8H2,1-3H3,(H,17,19,21). The molecule has 1 fully saturated rings. The fraction of sp³-hybridized carbons (Fsp3) is 0.400. The highest BCUT2D eigenvalue weighted by atomic mass is 79.9. The topological polar surface area (TPSA) is 66.5 Å². The number of nitrogens with zero attached hydrogens (tertiary/aromatic N) is 1. The van der Waals surface area contributed by atoms with Crippen LogP contribution in [0.2, 0.25) is 0 Å². The van der Waals surface area contributed by atoms with Crippen molar-refractivity contribution in [1.29, 1.82) is 0 Å². The van der Waals surface area contributed by atoms with Crippen molar-refractivity contribution in [1.82, 2.24) is 10.2 Å². The number of nitrogens with one attached hydrogen (secondary N) is 1. The van der Waals surface area contributed by atoms with E-state index in [1.807, 2.05) is 0 Å². The predicted octanol–water partition coefficient (Wildman–Crippen LogP) is 1.76. The van der Waals surface area contributed by atoms with Crippen molar-refractivity contribution >= 4 is 33.5 Å². The summed E-state index contributed by atoms with van der Waals surface area (Å²) in [7, 11) is 0. The van der Waals surface area contributed by atoms with E-state index in [0.29, 0.717) is 5.56 Å². The van der Waals surface area contributed by atoms with Crippen molar-refractivity contribution in [2.24, 2.45) is 0 Å². The molecule has 0 bridgehead atoms. The molecule has 0 saturated carbocycles. The monoisotopic (exact) mass is 352 g/mol. The molecule has 1 aliphatic rings. The summed E-state index contributed by atoms with van der Waals surface area (Å²) in [5, 5.41) is 2.30. The van der Waals surface area contributed by atoms with E-state index in [1.165, 1.54) is 0 Å². The lowest BCUT2D eigenvalue weighted by molar-refractivity contribution is -0.146. The van der Waals surface area contributed by atoms with Gasteiger partial charge in [0, 0.05) is 10.0 Å². The summed E-state index contributed by atoms with van der Waals surface area (Å²) in [4.78, 5) is 37.7. The number of carbonyl (C=O) groups is 3. The zero-order chi connectivity index (χ0) is 15.8. The molecule has 1 N–H and O–H groups in total. The molecule has 21 heavy (non-hydrogen) atoms. The molecule has 0 aliphatic carbocycles. The third-order valence-corrected chi connectivity index (χ3v) is 4.34. The van der Waals surface area contributed by atoms with Gasteiger partial charge in [0.15, 0.2) is 5.78 Å². The predicted molar refractivity (Wildman–Crippen MR) is 81.9 cm³/mol. The number of hydrogen-bond donors (Lipinski definition) is 1. The second-order valence-electron chi connectivity index (χ2n) is 5.61. The first kappa shape index (κ1) is 15.9. The maximum absolute atomic E-state index is 12.6. The zero-order valence-electron chi connectivity index (χ0n) is 12.1. The average Bonchev–Trinajstić information content (AvgIpc) is 2.42. The van der Waals surface area contributed by atoms with Gasteiger partial charge in [-0.3, -0.25) is 24.6 Å². The minimum atomic E-state index is -0.904. The third kappa shape index (κ3) is 3.06. The molecule has 1 unspecified atom stereocenters. The van der Waals surface area contributed by atoms with Gasteiger partial charge in [-0.25, -0.2) is 0 Å². The van der Waals surface area contributed by atoms with Crippen molar-refractivity contribution in [2.75, 3.05) is 6.54 Å². The van der Waals surface area contributed by atoms with E-state index in [4.69, 9.17) is 0 Å². The van der Waals surface area contributed by atoms with Gasteiger partial charge in [-0.15, -0.1) is 0 Å². The van der Waals surface area contributed by atoms with E-state index in [0.717, 1.165) is 4.47 Å². The van der Waals surface area contributed by atoms with Gasteiger partial charge in [0.2, 0.25) is 11.8 Å². The van der Waals surface area contributed by atoms with Crippen LogP contribution in [0.1, 0.15) is 31.1 Å². The van der Waals surface area contributed by atoms with Crippen molar-refractivity contribution < 1.29 is 14.4 Å². The Morgan fingerprint density at radius 1 is 1.29 bits per heavy atom. The molecular formula is C15H17BrN2O3. The van der Waals surface area contributed by atoms with Crippen molar-refractivity contribution in [2.45, 2.75) is 32.4 Å². The van der Waals surface area contributed by atoms with Gasteiger partial charge >= 0.3 is 0 Å². The van der Waals surface area contributed by atoms with Crippen molar-refractivity contribution in [3.63, 3.8) is 0 Å². The summed E-state index contributed by atoms with van der Waals surface area (Å²) < 4.78 is 0.888. The average molecular weight is 353 g/mol. The Kier molecular flexibility index (Phi) is 4.30. The first-order valence-corrected chi connectivity index (χ1v) is 7.43. The smallest absolute Gasteiger partial charge is 0.246 e. The number of imide groups is 1. The number of carbonyl (C=O) groups excluding carboxylic acids is 3. The molecule has 0 radical (unpaired) electrons. The highest BCUT2D eigenvalue weighted by Gasteiger charge is 2.44. The van der Waals surface area contributed by atoms with Gasteiger partial charge in [-0.2, -0.15) is 0 Å². The molecule has 112 valence electrons. The van der Waals surface area contributed by atoms with Gasteiger partial charge in [0.1, 0.15) is 0 Å². The second kappa shape index (κ2) is 5.69. The van der Waals surface area contributed by atoms with Gasteiger partial charge < -0.3 is 0 Å². The van der Waals surface area contributed by atoms with Crippen LogP contribution < -0.4 is 5.32 Å². The lowest BCUT2D eigenvalue weighted by Gasteiger charge is -2.43. The number of Topliss-reactive ketones (excluding diaryl/α,β-unsaturated/α-hetero) is 1. The summed E-state index contributed by atoms with van der Waals surface area (Å²) in [6, 6.07) is 6.47. The Morgan fingerprint density at radius 2 is 1.86 bits per heavy atom. The number of piperazine rings is 1. The summed E-state index contributed by atoms with van der Waals surface area (Å²) in [6.07, 6.45) is 0.